The molecule has 1 heterocycles. The first-order chi connectivity index (χ1) is 6.24. The Bertz CT molecular complexity index is 281. The van der Waals surface area contributed by atoms with E-state index in [2.05, 4.69) is 15.3 Å². The van der Waals surface area contributed by atoms with Gasteiger partial charge in [0.1, 0.15) is 0 Å². The highest BCUT2D eigenvalue weighted by Gasteiger charge is 2.05. The van der Waals surface area contributed by atoms with Crippen LogP contribution in [0.2, 0.25) is 0 Å². The second kappa shape index (κ2) is 4.45. The van der Waals surface area contributed by atoms with Crippen molar-refractivity contribution in [2.45, 2.75) is 13.0 Å². The van der Waals surface area contributed by atoms with Crippen LogP contribution in [0.15, 0.2) is 29.4 Å². The first-order valence-corrected chi connectivity index (χ1v) is 4.13. The van der Waals surface area contributed by atoms with Crippen molar-refractivity contribution in [2.24, 2.45) is 10.7 Å². The molecule has 13 heavy (non-hydrogen) atoms. The van der Waals surface area contributed by atoms with Crippen LogP contribution >= 0.6 is 0 Å². The van der Waals surface area contributed by atoms with E-state index in [1.807, 2.05) is 25.1 Å². The highest BCUT2D eigenvalue weighted by Crippen LogP contribution is 2.06. The number of hydrogen-bond donors (Lipinski definition) is 2. The van der Waals surface area contributed by atoms with Crippen LogP contribution in [0.1, 0.15) is 18.7 Å². The topological polar surface area (TPSA) is 63.3 Å². The fourth-order valence-electron chi connectivity index (χ4n) is 0.992. The number of pyridine rings is 1. The smallest absolute Gasteiger partial charge is 0.188 e. The highest BCUT2D eigenvalue weighted by atomic mass is 15.1. The molecule has 0 aliphatic heterocycles. The van der Waals surface area contributed by atoms with Gasteiger partial charge < -0.3 is 11.1 Å². The number of guanidine groups is 1. The fraction of sp³-hybridized carbons (Fsp3) is 0.333. The summed E-state index contributed by atoms with van der Waals surface area (Å²) in [5, 5.41) is 3.01. The monoisotopic (exact) mass is 178 g/mol. The Balaban J connectivity index is 2.64. The van der Waals surface area contributed by atoms with Crippen LogP contribution in [0.25, 0.3) is 0 Å². The molecule has 70 valence electrons. The lowest BCUT2D eigenvalue weighted by atomic mass is 10.2. The van der Waals surface area contributed by atoms with Gasteiger partial charge in [-0.3, -0.25) is 9.98 Å². The maximum atomic E-state index is 5.52. The summed E-state index contributed by atoms with van der Waals surface area (Å²) in [5.41, 5.74) is 6.48. The number of rotatable bonds is 2. The van der Waals surface area contributed by atoms with Gasteiger partial charge in [-0.25, -0.2) is 0 Å². The van der Waals surface area contributed by atoms with Crippen LogP contribution in [0.4, 0.5) is 0 Å². The average Bonchev–Trinajstić information content (AvgIpc) is 2.19. The van der Waals surface area contributed by atoms with Crippen LogP contribution in [0, 0.1) is 0 Å². The highest BCUT2D eigenvalue weighted by molar-refractivity contribution is 5.77. The third-order valence-electron chi connectivity index (χ3n) is 1.74. The molecule has 0 saturated carbocycles. The number of hydrogen-bond acceptors (Lipinski definition) is 2. The van der Waals surface area contributed by atoms with Gasteiger partial charge >= 0.3 is 0 Å². The number of nitrogens with zero attached hydrogens (tertiary/aromatic N) is 2. The zero-order valence-electron chi connectivity index (χ0n) is 7.86. The van der Waals surface area contributed by atoms with Gasteiger partial charge in [0.05, 0.1) is 11.7 Å². The number of nitrogens with two attached hydrogens (primary N) is 1. The molecular weight excluding hydrogens is 164 g/mol. The predicted molar refractivity (Wildman–Crippen MR) is 53.3 cm³/mol. The van der Waals surface area contributed by atoms with Crippen molar-refractivity contribution in [1.29, 1.82) is 0 Å². The molecule has 0 aliphatic rings. The molecule has 4 nitrogen and oxygen atoms in total. The van der Waals surface area contributed by atoms with Crippen LogP contribution in [0.5, 0.6) is 0 Å². The predicted octanol–water partition coefficient (Wildman–Crippen LogP) is 0.677. The van der Waals surface area contributed by atoms with Crippen LogP contribution in [-0.4, -0.2) is 18.0 Å². The zero-order valence-corrected chi connectivity index (χ0v) is 7.86. The summed E-state index contributed by atoms with van der Waals surface area (Å²) in [7, 11) is 1.65. The van der Waals surface area contributed by atoms with E-state index in [9.17, 15) is 0 Å². The van der Waals surface area contributed by atoms with E-state index in [0.29, 0.717) is 5.96 Å². The molecule has 0 saturated heterocycles. The third-order valence-corrected chi connectivity index (χ3v) is 1.74. The largest absolute Gasteiger partial charge is 0.370 e. The maximum absolute atomic E-state index is 5.52. The van der Waals surface area contributed by atoms with Gasteiger partial charge in [-0.2, -0.15) is 0 Å². The second-order valence-corrected chi connectivity index (χ2v) is 2.73. The summed E-state index contributed by atoms with van der Waals surface area (Å²) in [6, 6.07) is 5.86. The molecule has 1 aromatic heterocycles. The van der Waals surface area contributed by atoms with Crippen molar-refractivity contribution in [2.75, 3.05) is 7.05 Å². The Morgan fingerprint density at radius 3 is 2.92 bits per heavy atom. The lowest BCUT2D eigenvalue weighted by Gasteiger charge is -2.12. The number of aliphatic imine (C=N–C) groups is 1. The summed E-state index contributed by atoms with van der Waals surface area (Å²) in [5.74, 6) is 0.429. The van der Waals surface area contributed by atoms with Crippen molar-refractivity contribution in [3.63, 3.8) is 0 Å². The summed E-state index contributed by atoms with van der Waals surface area (Å²) < 4.78 is 0. The van der Waals surface area contributed by atoms with E-state index in [1.165, 1.54) is 0 Å². The van der Waals surface area contributed by atoms with Gasteiger partial charge in [0.25, 0.3) is 0 Å². The molecule has 0 fully saturated rings. The Morgan fingerprint density at radius 2 is 2.38 bits per heavy atom. The first kappa shape index (κ1) is 9.51. The lowest BCUT2D eigenvalue weighted by molar-refractivity contribution is 0.686. The van der Waals surface area contributed by atoms with Crippen molar-refractivity contribution in [3.05, 3.63) is 30.1 Å². The summed E-state index contributed by atoms with van der Waals surface area (Å²) in [6.07, 6.45) is 1.76. The molecule has 0 amide bonds. The molecule has 0 radical (unpaired) electrons. The maximum Gasteiger partial charge on any atom is 0.188 e. The minimum absolute atomic E-state index is 0.0879. The molecule has 3 N–H and O–H groups in total. The van der Waals surface area contributed by atoms with Crippen LogP contribution in [-0.2, 0) is 0 Å². The minimum Gasteiger partial charge on any atom is -0.370 e. The normalized spacial score (nSPS) is 13.8. The Kier molecular flexibility index (Phi) is 3.25. The molecule has 1 rings (SSSR count). The fourth-order valence-corrected chi connectivity index (χ4v) is 0.992. The standard InChI is InChI=1S/C9H14N4/c1-7(13-9(10)11-2)8-5-3-4-6-12-8/h3-7H,1-2H3,(H3,10,11,13)/t7-/m0/s1. The van der Waals surface area contributed by atoms with Crippen molar-refractivity contribution >= 4 is 5.96 Å². The van der Waals surface area contributed by atoms with E-state index >= 15 is 0 Å². The molecule has 1 aromatic rings. The van der Waals surface area contributed by atoms with E-state index in [0.717, 1.165) is 5.69 Å². The van der Waals surface area contributed by atoms with Crippen LogP contribution < -0.4 is 11.1 Å². The lowest BCUT2D eigenvalue weighted by Crippen LogP contribution is -2.33. The molecule has 1 atom stereocenters. The van der Waals surface area contributed by atoms with E-state index in [1.54, 1.807) is 13.2 Å². The Morgan fingerprint density at radius 1 is 1.62 bits per heavy atom. The quantitative estimate of drug-likeness (QED) is 0.517. The first-order valence-electron chi connectivity index (χ1n) is 4.13. The molecule has 0 bridgehead atoms. The van der Waals surface area contributed by atoms with Gasteiger partial charge in [-0.05, 0) is 19.1 Å². The van der Waals surface area contributed by atoms with Gasteiger partial charge in [0.2, 0.25) is 0 Å². The van der Waals surface area contributed by atoms with E-state index < -0.39 is 0 Å². The summed E-state index contributed by atoms with van der Waals surface area (Å²) >= 11 is 0. The zero-order chi connectivity index (χ0) is 9.68. The van der Waals surface area contributed by atoms with Gasteiger partial charge in [0, 0.05) is 13.2 Å². The molecule has 0 aliphatic carbocycles. The Labute approximate surface area is 77.9 Å². The molecular formula is C9H14N4. The van der Waals surface area contributed by atoms with Crippen molar-refractivity contribution < 1.29 is 0 Å². The average molecular weight is 178 g/mol. The second-order valence-electron chi connectivity index (χ2n) is 2.73. The number of nitrogens with one attached hydrogen (secondary N) is 1. The van der Waals surface area contributed by atoms with Crippen molar-refractivity contribution in [1.82, 2.24) is 10.3 Å². The van der Waals surface area contributed by atoms with Crippen LogP contribution in [0.3, 0.4) is 0 Å². The summed E-state index contributed by atoms with van der Waals surface area (Å²) in [6.45, 7) is 1.99. The molecule has 0 aromatic carbocycles. The molecule has 4 heteroatoms. The SMILES string of the molecule is CN=C(N)N[C@@H](C)c1ccccn1. The Hall–Kier alpha value is -1.58. The third kappa shape index (κ3) is 2.74. The van der Waals surface area contributed by atoms with Gasteiger partial charge in [-0.1, -0.05) is 6.07 Å². The van der Waals surface area contributed by atoms with Crippen molar-refractivity contribution in [3.8, 4) is 0 Å². The van der Waals surface area contributed by atoms with E-state index in [-0.39, 0.29) is 6.04 Å². The minimum atomic E-state index is 0.0879. The summed E-state index contributed by atoms with van der Waals surface area (Å²) in [4.78, 5) is 8.00. The van der Waals surface area contributed by atoms with E-state index in [4.69, 9.17) is 5.73 Å². The molecule has 0 unspecified atom stereocenters. The van der Waals surface area contributed by atoms with Gasteiger partial charge in [-0.15, -0.1) is 0 Å². The van der Waals surface area contributed by atoms with Gasteiger partial charge in [0.15, 0.2) is 5.96 Å². The molecule has 0 spiro atoms. The number of aromatic nitrogens is 1.